The Kier molecular flexibility index (Phi) is 6.00. The summed E-state index contributed by atoms with van der Waals surface area (Å²) in [4.78, 5) is 11.9. The van der Waals surface area contributed by atoms with Crippen LogP contribution in [-0.4, -0.2) is 28.0 Å². The fourth-order valence-corrected chi connectivity index (χ4v) is 3.96. The summed E-state index contributed by atoms with van der Waals surface area (Å²) in [5.41, 5.74) is 0.567. The molecule has 0 aliphatic heterocycles. The van der Waals surface area contributed by atoms with Crippen LogP contribution in [0.3, 0.4) is 0 Å². The van der Waals surface area contributed by atoms with Gasteiger partial charge in [0, 0.05) is 17.7 Å². The number of hydrogen-bond acceptors (Lipinski definition) is 6. The second-order valence-electron chi connectivity index (χ2n) is 3.92. The largest absolute Gasteiger partial charge is 0.294 e. The Bertz CT molecular complexity index is 571. The minimum atomic E-state index is -0.321. The number of hydrogen-bond donors (Lipinski definition) is 0. The van der Waals surface area contributed by atoms with Crippen LogP contribution in [0.25, 0.3) is 0 Å². The zero-order chi connectivity index (χ0) is 14.4. The molecule has 0 saturated heterocycles. The molecule has 0 bridgehead atoms. The van der Waals surface area contributed by atoms with Gasteiger partial charge in [0.05, 0.1) is 0 Å². The summed E-state index contributed by atoms with van der Waals surface area (Å²) in [5, 5.41) is 8.07. The van der Waals surface area contributed by atoms with Crippen molar-refractivity contribution in [1.82, 2.24) is 10.2 Å². The van der Waals surface area contributed by atoms with E-state index in [4.69, 9.17) is 0 Å². The van der Waals surface area contributed by atoms with Gasteiger partial charge in [-0.2, -0.15) is 0 Å². The number of carbonyl (C=O) groups excluding carboxylic acids is 1. The van der Waals surface area contributed by atoms with Crippen molar-refractivity contribution in [3.05, 3.63) is 35.6 Å². The van der Waals surface area contributed by atoms with Gasteiger partial charge in [0.25, 0.3) is 0 Å². The first kappa shape index (κ1) is 15.5. The van der Waals surface area contributed by atoms with Crippen molar-refractivity contribution in [2.75, 3.05) is 12.0 Å². The third kappa shape index (κ3) is 4.57. The van der Waals surface area contributed by atoms with Crippen molar-refractivity contribution in [2.45, 2.75) is 21.5 Å². The fraction of sp³-hybridized carbons (Fsp3) is 0.308. The number of carbonyl (C=O) groups is 1. The average Bonchev–Trinajstić information content (AvgIpc) is 2.92. The van der Waals surface area contributed by atoms with E-state index in [1.165, 1.54) is 24.3 Å². The van der Waals surface area contributed by atoms with Gasteiger partial charge in [-0.1, -0.05) is 34.9 Å². The monoisotopic (exact) mass is 328 g/mol. The molecule has 0 N–H and O–H groups in total. The Morgan fingerprint density at radius 1 is 1.25 bits per heavy atom. The molecule has 1 aromatic heterocycles. The third-order valence-corrected chi connectivity index (χ3v) is 5.62. The predicted octanol–water partition coefficient (Wildman–Crippen LogP) is 4.15. The van der Waals surface area contributed by atoms with Crippen molar-refractivity contribution in [2.24, 2.45) is 0 Å². The normalized spacial score (nSPS) is 10.7. The summed E-state index contributed by atoms with van der Waals surface area (Å²) in [6.07, 6.45) is 3.21. The summed E-state index contributed by atoms with van der Waals surface area (Å²) in [7, 11) is 0. The van der Waals surface area contributed by atoms with Crippen LogP contribution in [0.15, 0.2) is 32.9 Å². The second-order valence-corrected chi connectivity index (χ2v) is 7.29. The maximum Gasteiger partial charge on any atom is 0.175 e. The molecule has 0 unspecified atom stereocenters. The van der Waals surface area contributed by atoms with Gasteiger partial charge < -0.3 is 0 Å². The van der Waals surface area contributed by atoms with Crippen LogP contribution in [0.1, 0.15) is 23.2 Å². The standard InChI is InChI=1S/C13H13FN2OS3/c1-18-12-15-16-13(20-12)19-8-2-3-11(17)9-4-6-10(14)7-5-9/h4-7H,2-3,8H2,1H3. The van der Waals surface area contributed by atoms with Gasteiger partial charge in [-0.25, -0.2) is 4.39 Å². The number of rotatable bonds is 7. The van der Waals surface area contributed by atoms with Gasteiger partial charge >= 0.3 is 0 Å². The van der Waals surface area contributed by atoms with E-state index in [1.54, 1.807) is 34.9 Å². The second kappa shape index (κ2) is 7.75. The van der Waals surface area contributed by atoms with Gasteiger partial charge in [-0.3, -0.25) is 4.79 Å². The molecule has 1 heterocycles. The highest BCUT2D eigenvalue weighted by Gasteiger charge is 2.07. The summed E-state index contributed by atoms with van der Waals surface area (Å²) >= 11 is 4.76. The lowest BCUT2D eigenvalue weighted by molar-refractivity contribution is 0.0982. The van der Waals surface area contributed by atoms with E-state index in [0.29, 0.717) is 12.0 Å². The number of nitrogens with zero attached hydrogens (tertiary/aromatic N) is 2. The van der Waals surface area contributed by atoms with Crippen molar-refractivity contribution >= 4 is 40.6 Å². The highest BCUT2D eigenvalue weighted by molar-refractivity contribution is 8.02. The number of Topliss-reactive ketones (excluding diaryl/α,β-unsaturated/α-hetero) is 1. The first-order valence-electron chi connectivity index (χ1n) is 5.98. The summed E-state index contributed by atoms with van der Waals surface area (Å²) in [6.45, 7) is 0. The molecule has 20 heavy (non-hydrogen) atoms. The topological polar surface area (TPSA) is 42.9 Å². The zero-order valence-electron chi connectivity index (χ0n) is 10.8. The van der Waals surface area contributed by atoms with Crippen LogP contribution in [0.2, 0.25) is 0 Å². The van der Waals surface area contributed by atoms with Crippen LogP contribution in [0, 0.1) is 5.82 Å². The van der Waals surface area contributed by atoms with Gasteiger partial charge in [0.1, 0.15) is 5.82 Å². The molecular weight excluding hydrogens is 315 g/mol. The lowest BCUT2D eigenvalue weighted by atomic mass is 10.1. The number of benzene rings is 1. The summed E-state index contributed by atoms with van der Waals surface area (Å²) in [5.74, 6) is 0.557. The van der Waals surface area contributed by atoms with Crippen LogP contribution in [0.4, 0.5) is 4.39 Å². The van der Waals surface area contributed by atoms with Crippen molar-refractivity contribution in [1.29, 1.82) is 0 Å². The molecule has 106 valence electrons. The molecule has 0 fully saturated rings. The molecule has 3 nitrogen and oxygen atoms in total. The molecule has 0 aliphatic carbocycles. The molecule has 0 radical (unpaired) electrons. The minimum absolute atomic E-state index is 0.0488. The van der Waals surface area contributed by atoms with E-state index in [1.807, 2.05) is 6.26 Å². The van der Waals surface area contributed by atoms with E-state index < -0.39 is 0 Å². The van der Waals surface area contributed by atoms with Gasteiger partial charge in [0.2, 0.25) is 0 Å². The molecule has 0 amide bonds. The molecular formula is C13H13FN2OS3. The van der Waals surface area contributed by atoms with Gasteiger partial charge in [-0.15, -0.1) is 10.2 Å². The molecule has 0 spiro atoms. The fourth-order valence-electron chi connectivity index (χ4n) is 1.51. The molecule has 2 rings (SSSR count). The quantitative estimate of drug-likeness (QED) is 0.434. The van der Waals surface area contributed by atoms with Crippen LogP contribution in [0.5, 0.6) is 0 Å². The lowest BCUT2D eigenvalue weighted by Crippen LogP contribution is -1.99. The lowest BCUT2D eigenvalue weighted by Gasteiger charge is -2.00. The number of aromatic nitrogens is 2. The van der Waals surface area contributed by atoms with E-state index >= 15 is 0 Å². The molecule has 2 aromatic rings. The first-order chi connectivity index (χ1) is 9.69. The van der Waals surface area contributed by atoms with Gasteiger partial charge in [-0.05, 0) is 36.9 Å². The zero-order valence-corrected chi connectivity index (χ0v) is 13.3. The first-order valence-corrected chi connectivity index (χ1v) is 9.01. The van der Waals surface area contributed by atoms with E-state index in [0.717, 1.165) is 20.9 Å². The maximum absolute atomic E-state index is 12.7. The smallest absolute Gasteiger partial charge is 0.175 e. The summed E-state index contributed by atoms with van der Waals surface area (Å²) < 4.78 is 14.6. The predicted molar refractivity (Wildman–Crippen MR) is 82.4 cm³/mol. The molecule has 0 aliphatic rings. The van der Waals surface area contributed by atoms with Crippen molar-refractivity contribution < 1.29 is 9.18 Å². The SMILES string of the molecule is CSc1nnc(SCCCC(=O)c2ccc(F)cc2)s1. The number of ketones is 1. The Labute approximate surface area is 129 Å². The highest BCUT2D eigenvalue weighted by atomic mass is 32.2. The Morgan fingerprint density at radius 2 is 1.95 bits per heavy atom. The van der Waals surface area contributed by atoms with E-state index in [9.17, 15) is 9.18 Å². The molecule has 7 heteroatoms. The molecule has 0 saturated carbocycles. The Morgan fingerprint density at radius 3 is 2.60 bits per heavy atom. The van der Waals surface area contributed by atoms with Crippen LogP contribution < -0.4 is 0 Å². The Balaban J connectivity index is 1.72. The molecule has 0 atom stereocenters. The van der Waals surface area contributed by atoms with Crippen molar-refractivity contribution in [3.8, 4) is 0 Å². The number of thioether (sulfide) groups is 2. The van der Waals surface area contributed by atoms with Gasteiger partial charge in [0.15, 0.2) is 14.5 Å². The number of halogens is 1. The average molecular weight is 328 g/mol. The van der Waals surface area contributed by atoms with E-state index in [-0.39, 0.29) is 11.6 Å². The van der Waals surface area contributed by atoms with Crippen molar-refractivity contribution in [3.63, 3.8) is 0 Å². The molecule has 1 aromatic carbocycles. The highest BCUT2D eigenvalue weighted by Crippen LogP contribution is 2.27. The van der Waals surface area contributed by atoms with E-state index in [2.05, 4.69) is 10.2 Å². The third-order valence-electron chi connectivity index (χ3n) is 2.50. The summed E-state index contributed by atoms with van der Waals surface area (Å²) in [6, 6.07) is 5.68. The maximum atomic E-state index is 12.7. The van der Waals surface area contributed by atoms with Crippen LogP contribution in [-0.2, 0) is 0 Å². The minimum Gasteiger partial charge on any atom is -0.294 e. The Hall–Kier alpha value is -0.920. The van der Waals surface area contributed by atoms with Crippen LogP contribution >= 0.6 is 34.9 Å².